The fourth-order valence-electron chi connectivity index (χ4n) is 1.16. The van der Waals surface area contributed by atoms with Gasteiger partial charge >= 0.3 is 0 Å². The van der Waals surface area contributed by atoms with Gasteiger partial charge in [0, 0.05) is 32.1 Å². The molecule has 0 aromatic carbocycles. The summed E-state index contributed by atoms with van der Waals surface area (Å²) in [7, 11) is 0. The minimum absolute atomic E-state index is 0.625. The van der Waals surface area contributed by atoms with Gasteiger partial charge < -0.3 is 15.0 Å². The molecule has 0 radical (unpaired) electrons. The van der Waals surface area contributed by atoms with Crippen LogP contribution >= 0.6 is 0 Å². The Bertz CT molecular complexity index is 219. The van der Waals surface area contributed by atoms with Gasteiger partial charge in [-0.3, -0.25) is 0 Å². The lowest BCUT2D eigenvalue weighted by atomic mass is 10.2. The normalized spacial score (nSPS) is 11.1. The van der Waals surface area contributed by atoms with Crippen molar-refractivity contribution in [1.82, 2.24) is 10.3 Å². The minimum atomic E-state index is 0.625. The Balaban J connectivity index is 1.90. The van der Waals surface area contributed by atoms with E-state index in [1.807, 2.05) is 12.4 Å². The van der Waals surface area contributed by atoms with Crippen LogP contribution < -0.4 is 5.32 Å². The first kappa shape index (κ1) is 11.3. The molecular formula is C11H20N2O. The fourth-order valence-corrected chi connectivity index (χ4v) is 1.16. The van der Waals surface area contributed by atoms with Crippen LogP contribution in [-0.4, -0.2) is 24.7 Å². The lowest BCUT2D eigenvalue weighted by Crippen LogP contribution is -2.19. The van der Waals surface area contributed by atoms with Gasteiger partial charge in [0.2, 0.25) is 0 Å². The molecule has 0 aliphatic heterocycles. The molecule has 0 saturated carbocycles. The highest BCUT2D eigenvalue weighted by molar-refractivity contribution is 5.07. The Morgan fingerprint density at radius 1 is 1.50 bits per heavy atom. The van der Waals surface area contributed by atoms with Crippen molar-refractivity contribution in [3.8, 4) is 0 Å². The number of ether oxygens (including phenoxy) is 1. The van der Waals surface area contributed by atoms with Crippen LogP contribution in [-0.2, 0) is 11.3 Å². The summed E-state index contributed by atoms with van der Waals surface area (Å²) in [5.74, 6) is 0.625. The number of hydrogen-bond acceptors (Lipinski definition) is 2. The summed E-state index contributed by atoms with van der Waals surface area (Å²) in [6.07, 6.45) is 3.94. The van der Waals surface area contributed by atoms with Gasteiger partial charge in [-0.2, -0.15) is 0 Å². The number of hydrogen-bond donors (Lipinski definition) is 2. The fraction of sp³-hybridized carbons (Fsp3) is 0.636. The largest absolute Gasteiger partial charge is 0.380 e. The van der Waals surface area contributed by atoms with Crippen molar-refractivity contribution in [2.45, 2.75) is 20.4 Å². The first-order valence-corrected chi connectivity index (χ1v) is 5.19. The molecule has 0 unspecified atom stereocenters. The molecule has 14 heavy (non-hydrogen) atoms. The second-order valence-electron chi connectivity index (χ2n) is 3.86. The third-order valence-electron chi connectivity index (χ3n) is 1.87. The predicted octanol–water partition coefficient (Wildman–Crippen LogP) is 1.78. The second kappa shape index (κ2) is 6.62. The van der Waals surface area contributed by atoms with Crippen LogP contribution in [0.1, 0.15) is 19.4 Å². The molecule has 1 aromatic rings. The van der Waals surface area contributed by atoms with E-state index in [0.717, 1.165) is 26.3 Å². The molecule has 3 heteroatoms. The molecule has 0 fully saturated rings. The Labute approximate surface area is 85.9 Å². The quantitative estimate of drug-likeness (QED) is 0.652. The molecule has 80 valence electrons. The van der Waals surface area contributed by atoms with Crippen LogP contribution in [0.25, 0.3) is 0 Å². The SMILES string of the molecule is CC(C)COCCNCc1cc[nH]c1. The number of aromatic amines is 1. The van der Waals surface area contributed by atoms with Gasteiger partial charge in [0.05, 0.1) is 6.61 Å². The second-order valence-corrected chi connectivity index (χ2v) is 3.86. The van der Waals surface area contributed by atoms with E-state index in [1.54, 1.807) is 0 Å². The standard InChI is InChI=1S/C11H20N2O/c1-10(2)9-14-6-5-13-8-11-3-4-12-7-11/h3-4,7,10,12-13H,5-6,8-9H2,1-2H3. The Morgan fingerprint density at radius 3 is 3.00 bits per heavy atom. The van der Waals surface area contributed by atoms with Crippen molar-refractivity contribution in [2.75, 3.05) is 19.8 Å². The van der Waals surface area contributed by atoms with E-state index in [9.17, 15) is 0 Å². The molecule has 1 rings (SSSR count). The zero-order valence-corrected chi connectivity index (χ0v) is 9.05. The van der Waals surface area contributed by atoms with E-state index in [0.29, 0.717) is 5.92 Å². The van der Waals surface area contributed by atoms with Crippen LogP contribution in [0, 0.1) is 5.92 Å². The average Bonchev–Trinajstić information content (AvgIpc) is 2.63. The zero-order chi connectivity index (χ0) is 10.2. The van der Waals surface area contributed by atoms with Gasteiger partial charge in [0.15, 0.2) is 0 Å². The number of H-pyrrole nitrogens is 1. The maximum atomic E-state index is 5.44. The summed E-state index contributed by atoms with van der Waals surface area (Å²) in [5, 5.41) is 3.32. The van der Waals surface area contributed by atoms with E-state index >= 15 is 0 Å². The average molecular weight is 196 g/mol. The van der Waals surface area contributed by atoms with Crippen LogP contribution in [0.4, 0.5) is 0 Å². The summed E-state index contributed by atoms with van der Waals surface area (Å²) in [6, 6.07) is 2.07. The predicted molar refractivity (Wildman–Crippen MR) is 58.2 cm³/mol. The summed E-state index contributed by atoms with van der Waals surface area (Å²) < 4.78 is 5.44. The smallest absolute Gasteiger partial charge is 0.0591 e. The molecule has 1 aromatic heterocycles. The monoisotopic (exact) mass is 196 g/mol. The number of rotatable bonds is 7. The molecule has 3 nitrogen and oxygen atoms in total. The molecule has 0 saturated heterocycles. The van der Waals surface area contributed by atoms with Crippen LogP contribution in [0.2, 0.25) is 0 Å². The zero-order valence-electron chi connectivity index (χ0n) is 9.05. The molecule has 0 aliphatic rings. The molecule has 0 bridgehead atoms. The van der Waals surface area contributed by atoms with E-state index in [2.05, 4.69) is 30.2 Å². The van der Waals surface area contributed by atoms with E-state index in [-0.39, 0.29) is 0 Å². The van der Waals surface area contributed by atoms with E-state index in [4.69, 9.17) is 4.74 Å². The van der Waals surface area contributed by atoms with Gasteiger partial charge in [-0.25, -0.2) is 0 Å². The molecule has 2 N–H and O–H groups in total. The van der Waals surface area contributed by atoms with E-state index < -0.39 is 0 Å². The van der Waals surface area contributed by atoms with Gasteiger partial charge in [-0.15, -0.1) is 0 Å². The van der Waals surface area contributed by atoms with Crippen LogP contribution in [0.5, 0.6) is 0 Å². The summed E-state index contributed by atoms with van der Waals surface area (Å²) in [6.45, 7) is 7.79. The third kappa shape index (κ3) is 5.04. The van der Waals surface area contributed by atoms with Crippen molar-refractivity contribution in [1.29, 1.82) is 0 Å². The lowest BCUT2D eigenvalue weighted by Gasteiger charge is -2.07. The highest BCUT2D eigenvalue weighted by Crippen LogP contribution is 1.94. The van der Waals surface area contributed by atoms with Crippen molar-refractivity contribution >= 4 is 0 Å². The van der Waals surface area contributed by atoms with Gasteiger partial charge in [-0.1, -0.05) is 13.8 Å². The summed E-state index contributed by atoms with van der Waals surface area (Å²) in [5.41, 5.74) is 1.29. The lowest BCUT2D eigenvalue weighted by molar-refractivity contribution is 0.111. The van der Waals surface area contributed by atoms with Gasteiger partial charge in [0.1, 0.15) is 0 Å². The Kier molecular flexibility index (Phi) is 5.33. The molecule has 0 spiro atoms. The first-order valence-electron chi connectivity index (χ1n) is 5.19. The highest BCUT2D eigenvalue weighted by atomic mass is 16.5. The molecular weight excluding hydrogens is 176 g/mol. The van der Waals surface area contributed by atoms with E-state index in [1.165, 1.54) is 5.56 Å². The van der Waals surface area contributed by atoms with Crippen molar-refractivity contribution in [3.63, 3.8) is 0 Å². The Hall–Kier alpha value is -0.800. The molecule has 0 amide bonds. The Morgan fingerprint density at radius 2 is 2.36 bits per heavy atom. The minimum Gasteiger partial charge on any atom is -0.380 e. The topological polar surface area (TPSA) is 37.0 Å². The summed E-state index contributed by atoms with van der Waals surface area (Å²) >= 11 is 0. The number of aromatic nitrogens is 1. The van der Waals surface area contributed by atoms with Gasteiger partial charge in [0.25, 0.3) is 0 Å². The van der Waals surface area contributed by atoms with Crippen LogP contribution in [0.3, 0.4) is 0 Å². The maximum absolute atomic E-state index is 5.44. The molecule has 0 aliphatic carbocycles. The highest BCUT2D eigenvalue weighted by Gasteiger charge is 1.94. The summed E-state index contributed by atoms with van der Waals surface area (Å²) in [4.78, 5) is 3.03. The van der Waals surface area contributed by atoms with Crippen molar-refractivity contribution < 1.29 is 4.74 Å². The third-order valence-corrected chi connectivity index (χ3v) is 1.87. The first-order chi connectivity index (χ1) is 6.79. The molecule has 0 atom stereocenters. The molecule has 1 heterocycles. The maximum Gasteiger partial charge on any atom is 0.0591 e. The van der Waals surface area contributed by atoms with Crippen molar-refractivity contribution in [2.24, 2.45) is 5.92 Å². The van der Waals surface area contributed by atoms with Crippen molar-refractivity contribution in [3.05, 3.63) is 24.0 Å². The van der Waals surface area contributed by atoms with Gasteiger partial charge in [-0.05, 0) is 17.5 Å². The van der Waals surface area contributed by atoms with Crippen LogP contribution in [0.15, 0.2) is 18.5 Å². The number of nitrogens with one attached hydrogen (secondary N) is 2.